The van der Waals surface area contributed by atoms with Crippen LogP contribution in [-0.2, 0) is 4.79 Å². The predicted octanol–water partition coefficient (Wildman–Crippen LogP) is 5.14. The number of hydrogen-bond donors (Lipinski definition) is 1. The number of anilines is 1. The maximum absolute atomic E-state index is 12.1. The molecule has 0 saturated heterocycles. The fourth-order valence-corrected chi connectivity index (χ4v) is 2.88. The summed E-state index contributed by atoms with van der Waals surface area (Å²) in [6.45, 7) is 1.86. The van der Waals surface area contributed by atoms with Crippen LogP contribution < -0.4 is 5.32 Å². The first-order chi connectivity index (χ1) is 9.97. The van der Waals surface area contributed by atoms with Crippen molar-refractivity contribution in [2.24, 2.45) is 4.99 Å². The standard InChI is InChI=1S/C15H9BrCl2N2O/c1-7-11(5-3-10(16)13(7)18)19-14-9-6-8(17)2-4-12(9)20-15(14)21/h2-6H,1H3,(H,19,20,21). The summed E-state index contributed by atoms with van der Waals surface area (Å²) < 4.78 is 0.796. The highest BCUT2D eigenvalue weighted by Crippen LogP contribution is 2.34. The van der Waals surface area contributed by atoms with Gasteiger partial charge in [-0.2, -0.15) is 0 Å². The van der Waals surface area contributed by atoms with Crippen molar-refractivity contribution in [2.75, 3.05) is 5.32 Å². The minimum atomic E-state index is -0.245. The normalized spacial score (nSPS) is 15.2. The first-order valence-electron chi connectivity index (χ1n) is 6.12. The van der Waals surface area contributed by atoms with Crippen LogP contribution >= 0.6 is 39.1 Å². The molecular weight excluding hydrogens is 375 g/mol. The lowest BCUT2D eigenvalue weighted by Gasteiger charge is -2.05. The molecule has 0 saturated carbocycles. The third-order valence-corrected chi connectivity index (χ3v) is 4.85. The molecule has 1 aliphatic rings. The monoisotopic (exact) mass is 382 g/mol. The number of carbonyl (C=O) groups is 1. The van der Waals surface area contributed by atoms with Crippen LogP contribution in [0.25, 0.3) is 0 Å². The molecular formula is C15H9BrCl2N2O. The predicted molar refractivity (Wildman–Crippen MR) is 90.2 cm³/mol. The second-order valence-electron chi connectivity index (χ2n) is 4.61. The number of amides is 1. The Kier molecular flexibility index (Phi) is 3.78. The Morgan fingerprint density at radius 3 is 2.71 bits per heavy atom. The van der Waals surface area contributed by atoms with E-state index in [0.29, 0.717) is 32.7 Å². The number of hydrogen-bond acceptors (Lipinski definition) is 2. The molecule has 0 spiro atoms. The molecule has 3 rings (SSSR count). The van der Waals surface area contributed by atoms with Gasteiger partial charge in [0.2, 0.25) is 0 Å². The zero-order valence-corrected chi connectivity index (χ0v) is 14.0. The van der Waals surface area contributed by atoms with Crippen molar-refractivity contribution < 1.29 is 4.79 Å². The van der Waals surface area contributed by atoms with E-state index in [0.717, 1.165) is 10.0 Å². The van der Waals surface area contributed by atoms with Gasteiger partial charge in [0.1, 0.15) is 5.71 Å². The summed E-state index contributed by atoms with van der Waals surface area (Å²) in [6, 6.07) is 8.84. The van der Waals surface area contributed by atoms with E-state index in [1.807, 2.05) is 13.0 Å². The SMILES string of the molecule is Cc1c(N=C2C(=O)Nc3ccc(Cl)cc32)ccc(Br)c1Cl. The molecule has 0 aromatic heterocycles. The number of rotatable bonds is 1. The van der Waals surface area contributed by atoms with Crippen LogP contribution in [-0.4, -0.2) is 11.6 Å². The molecule has 3 nitrogen and oxygen atoms in total. The molecule has 0 atom stereocenters. The molecule has 0 radical (unpaired) electrons. The second kappa shape index (κ2) is 5.44. The molecule has 1 N–H and O–H groups in total. The maximum atomic E-state index is 12.1. The minimum Gasteiger partial charge on any atom is -0.320 e. The highest BCUT2D eigenvalue weighted by molar-refractivity contribution is 9.10. The van der Waals surface area contributed by atoms with Crippen LogP contribution in [0, 0.1) is 6.92 Å². The van der Waals surface area contributed by atoms with Crippen LogP contribution in [0.2, 0.25) is 10.0 Å². The van der Waals surface area contributed by atoms with Crippen molar-refractivity contribution >= 4 is 62.1 Å². The zero-order valence-electron chi connectivity index (χ0n) is 10.9. The maximum Gasteiger partial charge on any atom is 0.275 e. The Morgan fingerprint density at radius 2 is 1.95 bits per heavy atom. The summed E-state index contributed by atoms with van der Waals surface area (Å²) in [5.41, 5.74) is 3.21. The van der Waals surface area contributed by atoms with Crippen molar-refractivity contribution in [1.82, 2.24) is 0 Å². The van der Waals surface area contributed by atoms with Gasteiger partial charge in [0, 0.05) is 15.1 Å². The summed E-state index contributed by atoms with van der Waals surface area (Å²) >= 11 is 15.6. The van der Waals surface area contributed by atoms with Gasteiger partial charge in [-0.15, -0.1) is 0 Å². The summed E-state index contributed by atoms with van der Waals surface area (Å²) in [5, 5.41) is 3.91. The molecule has 21 heavy (non-hydrogen) atoms. The van der Waals surface area contributed by atoms with Crippen LogP contribution in [0.4, 0.5) is 11.4 Å². The highest BCUT2D eigenvalue weighted by atomic mass is 79.9. The molecule has 106 valence electrons. The molecule has 1 heterocycles. The second-order valence-corrected chi connectivity index (χ2v) is 6.28. The van der Waals surface area contributed by atoms with E-state index in [2.05, 4.69) is 26.2 Å². The largest absolute Gasteiger partial charge is 0.320 e. The molecule has 1 amide bonds. The summed E-state index contributed by atoms with van der Waals surface area (Å²) in [5.74, 6) is -0.245. The highest BCUT2D eigenvalue weighted by Gasteiger charge is 2.26. The first-order valence-corrected chi connectivity index (χ1v) is 7.67. The van der Waals surface area contributed by atoms with E-state index in [9.17, 15) is 4.79 Å². The number of aliphatic imine (C=N–C) groups is 1. The summed E-state index contributed by atoms with van der Waals surface area (Å²) in [7, 11) is 0. The van der Waals surface area contributed by atoms with Gasteiger partial charge in [-0.1, -0.05) is 23.2 Å². The lowest BCUT2D eigenvalue weighted by atomic mass is 10.1. The Bertz CT molecular complexity index is 803. The van der Waals surface area contributed by atoms with Crippen LogP contribution in [0.15, 0.2) is 39.8 Å². The van der Waals surface area contributed by atoms with E-state index in [1.54, 1.807) is 24.3 Å². The lowest BCUT2D eigenvalue weighted by Crippen LogP contribution is -2.14. The quantitative estimate of drug-likeness (QED) is 0.727. The number of halogens is 3. The van der Waals surface area contributed by atoms with E-state index < -0.39 is 0 Å². The van der Waals surface area contributed by atoms with Crippen LogP contribution in [0.5, 0.6) is 0 Å². The zero-order chi connectivity index (χ0) is 15.1. The molecule has 0 unspecified atom stereocenters. The number of fused-ring (bicyclic) bond motifs is 1. The van der Waals surface area contributed by atoms with E-state index in [4.69, 9.17) is 23.2 Å². The molecule has 2 aromatic carbocycles. The number of nitrogens with zero attached hydrogens (tertiary/aromatic N) is 1. The fourth-order valence-electron chi connectivity index (χ4n) is 2.12. The average molecular weight is 384 g/mol. The Hall–Kier alpha value is -1.36. The fraction of sp³-hybridized carbons (Fsp3) is 0.0667. The third-order valence-electron chi connectivity index (χ3n) is 3.24. The summed E-state index contributed by atoms with van der Waals surface area (Å²) in [6.07, 6.45) is 0. The molecule has 0 aliphatic carbocycles. The van der Waals surface area contributed by atoms with Crippen molar-refractivity contribution in [3.63, 3.8) is 0 Å². The molecule has 6 heteroatoms. The van der Waals surface area contributed by atoms with E-state index >= 15 is 0 Å². The third kappa shape index (κ3) is 2.59. The van der Waals surface area contributed by atoms with Gasteiger partial charge in [-0.3, -0.25) is 4.79 Å². The number of benzene rings is 2. The van der Waals surface area contributed by atoms with E-state index in [-0.39, 0.29) is 5.91 Å². The molecule has 0 fully saturated rings. The smallest absolute Gasteiger partial charge is 0.275 e. The molecule has 0 bridgehead atoms. The van der Waals surface area contributed by atoms with Crippen LogP contribution in [0.1, 0.15) is 11.1 Å². The first kappa shape index (κ1) is 14.6. The van der Waals surface area contributed by atoms with Gasteiger partial charge in [-0.05, 0) is 58.7 Å². The van der Waals surface area contributed by atoms with Crippen molar-refractivity contribution in [3.8, 4) is 0 Å². The van der Waals surface area contributed by atoms with Crippen molar-refractivity contribution in [2.45, 2.75) is 6.92 Å². The van der Waals surface area contributed by atoms with E-state index in [1.165, 1.54) is 0 Å². The van der Waals surface area contributed by atoms with Gasteiger partial charge in [0.25, 0.3) is 5.91 Å². The average Bonchev–Trinajstić information content (AvgIpc) is 2.75. The summed E-state index contributed by atoms with van der Waals surface area (Å²) in [4.78, 5) is 16.5. The van der Waals surface area contributed by atoms with Crippen LogP contribution in [0.3, 0.4) is 0 Å². The Labute approximate surface area is 140 Å². The van der Waals surface area contributed by atoms with Gasteiger partial charge in [0.15, 0.2) is 0 Å². The van der Waals surface area contributed by atoms with Gasteiger partial charge in [-0.25, -0.2) is 4.99 Å². The van der Waals surface area contributed by atoms with Gasteiger partial charge >= 0.3 is 0 Å². The van der Waals surface area contributed by atoms with Crippen molar-refractivity contribution in [1.29, 1.82) is 0 Å². The Morgan fingerprint density at radius 1 is 1.19 bits per heavy atom. The molecule has 1 aliphatic heterocycles. The van der Waals surface area contributed by atoms with Gasteiger partial charge in [0.05, 0.1) is 16.4 Å². The topological polar surface area (TPSA) is 41.5 Å². The van der Waals surface area contributed by atoms with Gasteiger partial charge < -0.3 is 5.32 Å². The lowest BCUT2D eigenvalue weighted by molar-refractivity contribution is -0.110. The number of nitrogens with one attached hydrogen (secondary N) is 1. The minimum absolute atomic E-state index is 0.245. The number of carbonyl (C=O) groups excluding carboxylic acids is 1. The van der Waals surface area contributed by atoms with Crippen molar-refractivity contribution in [3.05, 3.63) is 56.0 Å². The Balaban J connectivity index is 2.15. The molecule has 2 aromatic rings.